The van der Waals surface area contributed by atoms with E-state index in [0.717, 1.165) is 25.7 Å². The average molecular weight is 871 g/mol. The van der Waals surface area contributed by atoms with Gasteiger partial charge >= 0.3 is 25.8 Å². The van der Waals surface area contributed by atoms with Gasteiger partial charge in [-0.15, -0.1) is 12.4 Å². The fourth-order valence-electron chi connectivity index (χ4n) is 4.06. The van der Waals surface area contributed by atoms with Crippen molar-refractivity contribution in [2.45, 2.75) is 79.3 Å². The first-order valence-corrected chi connectivity index (χ1v) is 22.3. The number of hydrogen-bond acceptors (Lipinski definition) is 12. The molecule has 0 saturated carbocycles. The van der Waals surface area contributed by atoms with Crippen LogP contribution < -0.4 is 24.4 Å². The molecule has 0 radical (unpaired) electrons. The van der Waals surface area contributed by atoms with E-state index in [1.807, 2.05) is 13.8 Å². The topological polar surface area (TPSA) is 196 Å². The molecule has 0 heterocycles. The first-order valence-electron chi connectivity index (χ1n) is 17.3. The van der Waals surface area contributed by atoms with Crippen LogP contribution in [0.1, 0.15) is 67.2 Å². The Morgan fingerprint density at radius 2 is 1.09 bits per heavy atom. The maximum atomic E-state index is 13.4. The third-order valence-electron chi connectivity index (χ3n) is 7.51. The largest absolute Gasteiger partial charge is 0.513 e. The molecule has 19 heteroatoms. The Labute approximate surface area is 339 Å². The van der Waals surface area contributed by atoms with Crippen LogP contribution in [0, 0.1) is 22.0 Å². The highest BCUT2D eigenvalue weighted by molar-refractivity contribution is 8.05. The SMILES string of the molecule is CCC(CC)COC(=O)[C@H](C)N.CCC(CC)COC(=O)[C@H](C)NP(=O)(Oc1ccccc1)Oc1ccc([N+](=O)[O-])cc1.Cl.O=P(Cl)(Cl)Oc1ccccc1. The van der Waals surface area contributed by atoms with Crippen molar-refractivity contribution in [3.8, 4) is 17.2 Å². The van der Waals surface area contributed by atoms with E-state index in [-0.39, 0.29) is 48.1 Å². The number of non-ortho nitro benzene ring substituents is 1. The normalized spacial score (nSPS) is 12.9. The van der Waals surface area contributed by atoms with E-state index < -0.39 is 36.8 Å². The maximum absolute atomic E-state index is 13.4. The molecule has 3 rings (SSSR count). The zero-order valence-electron chi connectivity index (χ0n) is 31.7. The zero-order valence-corrected chi connectivity index (χ0v) is 35.8. The number of ether oxygens (including phenoxy) is 2. The molecular formula is C36H52Cl3N3O11P2. The molecule has 3 aromatic rings. The molecule has 0 aliphatic carbocycles. The minimum absolute atomic E-state index is 0. The standard InChI is InChI=1S/C21H27N2O7P.C9H19NO2.C6H5Cl2O2P.ClH/c1-4-17(5-2)15-28-21(24)16(3)22-31(27,29-19-9-7-6-8-10-19)30-20-13-11-18(12-14-20)23(25)26;1-4-8(5-2)6-12-9(11)7(3)10;7-11(8,9)10-6-4-2-1-3-5-6;/h6-14,16-17H,4-5,15H2,1-3H3,(H,22,27);7-8H,4-6,10H2,1-3H3;1-5H;1H/t16-,31?;7-;;/m00../s1. The number of carbonyl (C=O) groups excluding carboxylic acids is 2. The fraction of sp³-hybridized carbons (Fsp3) is 0.444. The highest BCUT2D eigenvalue weighted by Gasteiger charge is 2.34. The number of nitrogens with one attached hydrogen (secondary N) is 1. The van der Waals surface area contributed by atoms with Crippen molar-refractivity contribution >= 4 is 66.3 Å². The van der Waals surface area contributed by atoms with E-state index in [4.69, 9.17) is 46.7 Å². The van der Waals surface area contributed by atoms with E-state index >= 15 is 0 Å². The van der Waals surface area contributed by atoms with Gasteiger partial charge in [-0.05, 0) is 62.1 Å². The minimum Gasteiger partial charge on any atom is -0.464 e. The van der Waals surface area contributed by atoms with E-state index in [9.17, 15) is 28.8 Å². The zero-order chi connectivity index (χ0) is 40.7. The van der Waals surface area contributed by atoms with Gasteiger partial charge in [0.2, 0.25) is 0 Å². The molecule has 308 valence electrons. The number of nitrogens with zero attached hydrogens (tertiary/aromatic N) is 1. The summed E-state index contributed by atoms with van der Waals surface area (Å²) in [6.45, 7) is 12.1. The Bertz CT molecular complexity index is 1630. The van der Waals surface area contributed by atoms with Gasteiger partial charge in [0.15, 0.2) is 0 Å². The first-order chi connectivity index (χ1) is 25.4. The Morgan fingerprint density at radius 3 is 1.45 bits per heavy atom. The average Bonchev–Trinajstić information content (AvgIpc) is 3.13. The second-order valence-electron chi connectivity index (χ2n) is 11.8. The number of para-hydroxylation sites is 2. The molecule has 3 atom stereocenters. The van der Waals surface area contributed by atoms with Crippen molar-refractivity contribution in [1.29, 1.82) is 0 Å². The van der Waals surface area contributed by atoms with Gasteiger partial charge in [-0.1, -0.05) is 89.8 Å². The molecule has 3 aromatic carbocycles. The van der Waals surface area contributed by atoms with Gasteiger partial charge in [0.05, 0.1) is 18.1 Å². The summed E-state index contributed by atoms with van der Waals surface area (Å²) in [7, 11) is -4.09. The summed E-state index contributed by atoms with van der Waals surface area (Å²) in [6, 6.07) is 20.4. The molecule has 0 aromatic heterocycles. The summed E-state index contributed by atoms with van der Waals surface area (Å²) in [5, 5.41) is 13.4. The van der Waals surface area contributed by atoms with Crippen LogP contribution in [0.2, 0.25) is 0 Å². The highest BCUT2D eigenvalue weighted by atomic mass is 35.9. The van der Waals surface area contributed by atoms with Crippen molar-refractivity contribution < 1.29 is 46.7 Å². The maximum Gasteiger partial charge on any atom is 0.513 e. The van der Waals surface area contributed by atoms with Crippen molar-refractivity contribution in [2.75, 3.05) is 13.2 Å². The summed E-state index contributed by atoms with van der Waals surface area (Å²) < 4.78 is 50.2. The predicted molar refractivity (Wildman–Crippen MR) is 218 cm³/mol. The Kier molecular flexibility index (Phi) is 25.6. The monoisotopic (exact) mass is 869 g/mol. The molecule has 0 amide bonds. The number of hydrogen-bond donors (Lipinski definition) is 2. The Morgan fingerprint density at radius 1 is 0.709 bits per heavy atom. The van der Waals surface area contributed by atoms with E-state index in [2.05, 4.69) is 23.5 Å². The van der Waals surface area contributed by atoms with Crippen LogP contribution in [-0.4, -0.2) is 42.2 Å². The van der Waals surface area contributed by atoms with Gasteiger partial charge in [0.25, 0.3) is 5.69 Å². The number of rotatable bonds is 19. The molecule has 3 N–H and O–H groups in total. The number of nitrogens with two attached hydrogens (primary N) is 1. The van der Waals surface area contributed by atoms with Crippen LogP contribution in [0.3, 0.4) is 0 Å². The summed E-state index contributed by atoms with van der Waals surface area (Å²) in [4.78, 5) is 33.6. The van der Waals surface area contributed by atoms with Crippen LogP contribution in [0.5, 0.6) is 17.2 Å². The number of esters is 2. The van der Waals surface area contributed by atoms with Gasteiger partial charge in [-0.25, -0.2) is 9.13 Å². The lowest BCUT2D eigenvalue weighted by atomic mass is 10.1. The molecule has 0 fully saturated rings. The van der Waals surface area contributed by atoms with Crippen molar-refractivity contribution in [3.05, 3.63) is 95.0 Å². The van der Waals surface area contributed by atoms with Gasteiger partial charge in [-0.3, -0.25) is 19.7 Å². The van der Waals surface area contributed by atoms with E-state index in [1.54, 1.807) is 67.6 Å². The highest BCUT2D eigenvalue weighted by Crippen LogP contribution is 2.57. The molecule has 0 saturated heterocycles. The van der Waals surface area contributed by atoms with Crippen LogP contribution in [-0.2, 0) is 28.2 Å². The lowest BCUT2D eigenvalue weighted by molar-refractivity contribution is -0.384. The van der Waals surface area contributed by atoms with Gasteiger partial charge in [-0.2, -0.15) is 5.09 Å². The molecule has 14 nitrogen and oxygen atoms in total. The minimum atomic E-state index is -4.09. The van der Waals surface area contributed by atoms with E-state index in [1.165, 1.54) is 31.2 Å². The molecule has 0 aliphatic rings. The molecule has 55 heavy (non-hydrogen) atoms. The van der Waals surface area contributed by atoms with Gasteiger partial charge in [0, 0.05) is 34.6 Å². The van der Waals surface area contributed by atoms with Crippen molar-refractivity contribution in [1.82, 2.24) is 5.09 Å². The summed E-state index contributed by atoms with van der Waals surface area (Å²) in [6.07, 6.45) is 0.404. The summed E-state index contributed by atoms with van der Waals surface area (Å²) in [5.41, 5.74) is 5.19. The third kappa shape index (κ3) is 22.7. The second-order valence-corrected chi connectivity index (χ2v) is 17.6. The van der Waals surface area contributed by atoms with Crippen LogP contribution in [0.25, 0.3) is 0 Å². The van der Waals surface area contributed by atoms with E-state index in [0.29, 0.717) is 18.3 Å². The quantitative estimate of drug-likeness (QED) is 0.0500. The number of carbonyl (C=O) groups is 2. The lowest BCUT2D eigenvalue weighted by Gasteiger charge is -2.23. The fourth-order valence-corrected chi connectivity index (χ4v) is 6.42. The Hall–Kier alpha value is -3.35. The Balaban J connectivity index is 0.000000993. The molecule has 0 bridgehead atoms. The van der Waals surface area contributed by atoms with Crippen molar-refractivity contribution in [3.63, 3.8) is 0 Å². The summed E-state index contributed by atoms with van der Waals surface area (Å²) in [5.74, 6) is 0.583. The molecular weight excluding hydrogens is 819 g/mol. The van der Waals surface area contributed by atoms with Gasteiger partial charge in [0.1, 0.15) is 29.3 Å². The second kappa shape index (κ2) is 27.3. The van der Waals surface area contributed by atoms with Crippen LogP contribution in [0.4, 0.5) is 5.69 Å². The van der Waals surface area contributed by atoms with Gasteiger partial charge < -0.3 is 28.8 Å². The van der Waals surface area contributed by atoms with Crippen LogP contribution in [0.15, 0.2) is 84.9 Å². The number of nitro groups is 1. The molecule has 1 unspecified atom stereocenters. The number of nitro benzene ring substituents is 1. The first kappa shape index (κ1) is 51.6. The molecule has 0 spiro atoms. The summed E-state index contributed by atoms with van der Waals surface area (Å²) >= 11 is 10.3. The predicted octanol–water partition coefficient (Wildman–Crippen LogP) is 10.5. The molecule has 0 aliphatic heterocycles. The van der Waals surface area contributed by atoms with Crippen LogP contribution >= 0.6 is 48.7 Å². The third-order valence-corrected chi connectivity index (χ3v) is 9.95. The number of halogens is 3. The lowest BCUT2D eigenvalue weighted by Crippen LogP contribution is -2.36. The van der Waals surface area contributed by atoms with Crippen molar-refractivity contribution in [2.24, 2.45) is 17.6 Å². The smallest absolute Gasteiger partial charge is 0.464 e. The number of benzene rings is 3.